The summed E-state index contributed by atoms with van der Waals surface area (Å²) >= 11 is 0. The lowest BCUT2D eigenvalue weighted by Crippen LogP contribution is -1.76. The first kappa shape index (κ1) is 8.37. The Labute approximate surface area is 71.0 Å². The van der Waals surface area contributed by atoms with Crippen LogP contribution in [0.2, 0.25) is 0 Å². The zero-order valence-corrected chi connectivity index (χ0v) is 6.59. The fraction of sp³-hybridized carbons (Fsp3) is 0.111. The fourth-order valence-corrected chi connectivity index (χ4v) is 0.880. The zero-order valence-electron chi connectivity index (χ0n) is 6.59. The lowest BCUT2D eigenvalue weighted by Gasteiger charge is -1.92. The molecule has 0 saturated heterocycles. The van der Waals surface area contributed by atoms with E-state index in [0.29, 0.717) is 0 Å². The van der Waals surface area contributed by atoms with Crippen LogP contribution in [0.4, 0.5) is 0 Å². The van der Waals surface area contributed by atoms with Crippen LogP contribution in [0.1, 0.15) is 5.56 Å². The van der Waals surface area contributed by atoms with E-state index in [9.17, 15) is 0 Å². The standard InChI is InChI=1S/C9H9N3/c10-12-11-8-4-7-9-5-2-1-3-6-9/h1-6,8H,7H2. The molecule has 0 amide bonds. The van der Waals surface area contributed by atoms with E-state index in [-0.39, 0.29) is 0 Å². The van der Waals surface area contributed by atoms with E-state index in [0.717, 1.165) is 6.42 Å². The highest BCUT2D eigenvalue weighted by Crippen LogP contribution is 1.99. The summed E-state index contributed by atoms with van der Waals surface area (Å²) in [5, 5.41) is 3.29. The highest BCUT2D eigenvalue weighted by molar-refractivity contribution is 5.17. The van der Waals surface area contributed by atoms with Crippen molar-refractivity contribution in [3.63, 3.8) is 0 Å². The minimum absolute atomic E-state index is 0.805. The maximum Gasteiger partial charge on any atom is 0.00474 e. The molecule has 0 heterocycles. The predicted molar refractivity (Wildman–Crippen MR) is 48.4 cm³/mol. The van der Waals surface area contributed by atoms with Gasteiger partial charge in [-0.25, -0.2) is 0 Å². The van der Waals surface area contributed by atoms with Gasteiger partial charge in [-0.05, 0) is 23.7 Å². The van der Waals surface area contributed by atoms with Crippen LogP contribution >= 0.6 is 0 Å². The largest absolute Gasteiger partial charge is 0.0779 e. The second-order valence-corrected chi connectivity index (χ2v) is 2.28. The monoisotopic (exact) mass is 159 g/mol. The molecule has 1 rings (SSSR count). The van der Waals surface area contributed by atoms with Crippen molar-refractivity contribution >= 4 is 0 Å². The molecule has 0 aliphatic heterocycles. The Bertz CT molecular complexity index is 297. The third-order valence-electron chi connectivity index (χ3n) is 1.42. The second-order valence-electron chi connectivity index (χ2n) is 2.28. The van der Waals surface area contributed by atoms with E-state index in [1.807, 2.05) is 36.4 Å². The van der Waals surface area contributed by atoms with Crippen molar-refractivity contribution < 1.29 is 0 Å². The van der Waals surface area contributed by atoms with Crippen molar-refractivity contribution in [2.45, 2.75) is 6.42 Å². The lowest BCUT2D eigenvalue weighted by molar-refractivity contribution is 1.25. The molecule has 60 valence electrons. The van der Waals surface area contributed by atoms with E-state index in [4.69, 9.17) is 5.53 Å². The Kier molecular flexibility index (Phi) is 3.48. The minimum atomic E-state index is 0.805. The number of allylic oxidation sites excluding steroid dienone is 1. The molecule has 0 bridgehead atoms. The first-order chi connectivity index (χ1) is 5.93. The van der Waals surface area contributed by atoms with Crippen molar-refractivity contribution in [2.24, 2.45) is 5.11 Å². The summed E-state index contributed by atoms with van der Waals surface area (Å²) in [5.41, 5.74) is 9.18. The van der Waals surface area contributed by atoms with Crippen molar-refractivity contribution in [2.75, 3.05) is 0 Å². The molecule has 0 aliphatic rings. The maximum atomic E-state index is 7.97. The molecule has 0 radical (unpaired) electrons. The van der Waals surface area contributed by atoms with Gasteiger partial charge in [0.1, 0.15) is 0 Å². The zero-order chi connectivity index (χ0) is 8.65. The van der Waals surface area contributed by atoms with Crippen LogP contribution in [0.5, 0.6) is 0 Å². The van der Waals surface area contributed by atoms with Gasteiger partial charge in [0.25, 0.3) is 0 Å². The topological polar surface area (TPSA) is 48.8 Å². The molecule has 0 fully saturated rings. The molecule has 3 heteroatoms. The number of nitrogens with zero attached hydrogens (tertiary/aromatic N) is 3. The van der Waals surface area contributed by atoms with Gasteiger partial charge in [-0.1, -0.05) is 41.5 Å². The molecule has 3 nitrogen and oxygen atoms in total. The van der Waals surface area contributed by atoms with Gasteiger partial charge in [-0.3, -0.25) is 0 Å². The van der Waals surface area contributed by atoms with Gasteiger partial charge in [-0.2, -0.15) is 0 Å². The molecule has 0 atom stereocenters. The Morgan fingerprint density at radius 1 is 1.33 bits per heavy atom. The van der Waals surface area contributed by atoms with E-state index in [1.54, 1.807) is 0 Å². The van der Waals surface area contributed by atoms with Gasteiger partial charge in [0.05, 0.1) is 0 Å². The van der Waals surface area contributed by atoms with Crippen LogP contribution in [0.15, 0.2) is 47.7 Å². The smallest absolute Gasteiger partial charge is 0.00474 e. The van der Waals surface area contributed by atoms with Crippen molar-refractivity contribution in [1.82, 2.24) is 0 Å². The molecule has 0 N–H and O–H groups in total. The highest BCUT2D eigenvalue weighted by Gasteiger charge is 1.83. The van der Waals surface area contributed by atoms with Gasteiger partial charge in [0.2, 0.25) is 0 Å². The van der Waals surface area contributed by atoms with Crippen LogP contribution in [0.25, 0.3) is 10.4 Å². The predicted octanol–water partition coefficient (Wildman–Crippen LogP) is 3.05. The number of hydrogen-bond acceptors (Lipinski definition) is 1. The average Bonchev–Trinajstić information content (AvgIpc) is 2.14. The molecule has 0 aliphatic carbocycles. The molecule has 0 saturated carbocycles. The third-order valence-corrected chi connectivity index (χ3v) is 1.42. The van der Waals surface area contributed by atoms with Gasteiger partial charge in [0, 0.05) is 4.91 Å². The van der Waals surface area contributed by atoms with Crippen LogP contribution in [0, 0.1) is 0 Å². The molecular weight excluding hydrogens is 150 g/mol. The quantitative estimate of drug-likeness (QED) is 0.369. The average molecular weight is 159 g/mol. The van der Waals surface area contributed by atoms with Crippen LogP contribution in [0.3, 0.4) is 0 Å². The number of hydrogen-bond donors (Lipinski definition) is 0. The van der Waals surface area contributed by atoms with Crippen LogP contribution in [-0.4, -0.2) is 0 Å². The number of rotatable bonds is 3. The molecule has 0 spiro atoms. The molecule has 0 aromatic heterocycles. The summed E-state index contributed by atoms with van der Waals surface area (Å²) in [6.45, 7) is 0. The Balaban J connectivity index is 2.48. The Hall–Kier alpha value is -1.73. The van der Waals surface area contributed by atoms with Gasteiger partial charge < -0.3 is 0 Å². The van der Waals surface area contributed by atoms with E-state index < -0.39 is 0 Å². The normalized spacial score (nSPS) is 9.67. The lowest BCUT2D eigenvalue weighted by atomic mass is 10.1. The van der Waals surface area contributed by atoms with Gasteiger partial charge in [-0.15, -0.1) is 0 Å². The van der Waals surface area contributed by atoms with E-state index in [1.165, 1.54) is 11.8 Å². The SMILES string of the molecule is [N-]=[N+]=NC=CCc1ccccc1. The third kappa shape index (κ3) is 2.90. The Morgan fingerprint density at radius 3 is 2.75 bits per heavy atom. The first-order valence-corrected chi connectivity index (χ1v) is 3.66. The summed E-state index contributed by atoms with van der Waals surface area (Å²) in [5.74, 6) is 0. The molecule has 1 aromatic rings. The minimum Gasteiger partial charge on any atom is -0.0779 e. The van der Waals surface area contributed by atoms with Crippen LogP contribution < -0.4 is 0 Å². The summed E-state index contributed by atoms with van der Waals surface area (Å²) in [4.78, 5) is 2.61. The van der Waals surface area contributed by atoms with Crippen LogP contribution in [-0.2, 0) is 6.42 Å². The molecular formula is C9H9N3. The van der Waals surface area contributed by atoms with Crippen molar-refractivity contribution in [3.05, 3.63) is 58.6 Å². The summed E-state index contributed by atoms with van der Waals surface area (Å²) in [6, 6.07) is 10.00. The van der Waals surface area contributed by atoms with E-state index in [2.05, 4.69) is 10.0 Å². The summed E-state index contributed by atoms with van der Waals surface area (Å²) in [7, 11) is 0. The first-order valence-electron chi connectivity index (χ1n) is 3.66. The van der Waals surface area contributed by atoms with Crippen molar-refractivity contribution in [3.8, 4) is 0 Å². The maximum absolute atomic E-state index is 7.97. The summed E-state index contributed by atoms with van der Waals surface area (Å²) in [6.07, 6.45) is 4.10. The summed E-state index contributed by atoms with van der Waals surface area (Å²) < 4.78 is 0. The number of benzene rings is 1. The molecule has 1 aromatic carbocycles. The fourth-order valence-electron chi connectivity index (χ4n) is 0.880. The molecule has 12 heavy (non-hydrogen) atoms. The van der Waals surface area contributed by atoms with Crippen molar-refractivity contribution in [1.29, 1.82) is 0 Å². The van der Waals surface area contributed by atoms with E-state index >= 15 is 0 Å². The molecule has 0 unspecified atom stereocenters. The number of azide groups is 1. The van der Waals surface area contributed by atoms with Gasteiger partial charge >= 0.3 is 0 Å². The Morgan fingerprint density at radius 2 is 2.08 bits per heavy atom. The second kappa shape index (κ2) is 4.99. The van der Waals surface area contributed by atoms with Gasteiger partial charge in [0.15, 0.2) is 0 Å². The highest BCUT2D eigenvalue weighted by atomic mass is 15.1.